The molecule has 18 heavy (non-hydrogen) atoms. The van der Waals surface area contributed by atoms with E-state index in [9.17, 15) is 4.79 Å². The summed E-state index contributed by atoms with van der Waals surface area (Å²) in [6.45, 7) is 3.20. The molecule has 0 spiro atoms. The van der Waals surface area contributed by atoms with Gasteiger partial charge in [-0.2, -0.15) is 5.10 Å². The Balaban J connectivity index is 2.11. The first-order chi connectivity index (χ1) is 8.60. The van der Waals surface area contributed by atoms with E-state index in [-0.39, 0.29) is 5.91 Å². The van der Waals surface area contributed by atoms with Crippen molar-refractivity contribution >= 4 is 28.8 Å². The predicted octanol–water partition coefficient (Wildman–Crippen LogP) is 2.80. The third-order valence-electron chi connectivity index (χ3n) is 2.60. The maximum absolute atomic E-state index is 12.2. The minimum absolute atomic E-state index is 0.00452. The highest BCUT2D eigenvalue weighted by Gasteiger charge is 2.16. The van der Waals surface area contributed by atoms with Crippen LogP contribution >= 0.6 is 22.9 Å². The maximum Gasteiger partial charge on any atom is 0.257 e. The number of rotatable bonds is 4. The number of carbonyl (C=O) groups excluding carboxylic acids is 1. The van der Waals surface area contributed by atoms with Crippen molar-refractivity contribution in [2.24, 2.45) is 7.05 Å². The Bertz CT molecular complexity index is 549. The minimum atomic E-state index is -0.00452. The van der Waals surface area contributed by atoms with Gasteiger partial charge in [0.05, 0.1) is 22.6 Å². The number of carbonyl (C=O) groups is 1. The lowest BCUT2D eigenvalue weighted by Gasteiger charge is -2.19. The van der Waals surface area contributed by atoms with Crippen LogP contribution in [0.15, 0.2) is 24.5 Å². The van der Waals surface area contributed by atoms with Gasteiger partial charge in [0.25, 0.3) is 5.91 Å². The van der Waals surface area contributed by atoms with Crippen molar-refractivity contribution < 1.29 is 4.79 Å². The molecule has 0 saturated heterocycles. The van der Waals surface area contributed by atoms with Gasteiger partial charge in [0.1, 0.15) is 0 Å². The van der Waals surface area contributed by atoms with Crippen molar-refractivity contribution in [3.8, 4) is 0 Å². The molecule has 4 nitrogen and oxygen atoms in total. The van der Waals surface area contributed by atoms with Crippen molar-refractivity contribution in [3.63, 3.8) is 0 Å². The lowest BCUT2D eigenvalue weighted by atomic mass is 10.3. The van der Waals surface area contributed by atoms with Crippen LogP contribution in [0, 0.1) is 0 Å². The fourth-order valence-corrected chi connectivity index (χ4v) is 2.77. The quantitative estimate of drug-likeness (QED) is 0.865. The molecule has 0 aliphatic carbocycles. The highest BCUT2D eigenvalue weighted by molar-refractivity contribution is 7.16. The van der Waals surface area contributed by atoms with Crippen LogP contribution in [0.25, 0.3) is 0 Å². The van der Waals surface area contributed by atoms with E-state index in [0.29, 0.717) is 18.7 Å². The maximum atomic E-state index is 12.2. The summed E-state index contributed by atoms with van der Waals surface area (Å²) in [6.07, 6.45) is 3.32. The van der Waals surface area contributed by atoms with Crippen LogP contribution in [0.1, 0.15) is 22.2 Å². The van der Waals surface area contributed by atoms with Gasteiger partial charge in [0.15, 0.2) is 0 Å². The van der Waals surface area contributed by atoms with Gasteiger partial charge >= 0.3 is 0 Å². The molecule has 0 atom stereocenters. The first-order valence-corrected chi connectivity index (χ1v) is 6.81. The van der Waals surface area contributed by atoms with Crippen molar-refractivity contribution in [2.75, 3.05) is 6.54 Å². The Kier molecular flexibility index (Phi) is 4.04. The Hall–Kier alpha value is -1.33. The second-order valence-electron chi connectivity index (χ2n) is 3.93. The summed E-state index contributed by atoms with van der Waals surface area (Å²) in [5, 5.41) is 4.02. The average molecular weight is 284 g/mol. The van der Waals surface area contributed by atoms with Gasteiger partial charge in [0, 0.05) is 24.7 Å². The van der Waals surface area contributed by atoms with Crippen LogP contribution in [0.2, 0.25) is 4.34 Å². The van der Waals surface area contributed by atoms with Crippen LogP contribution in [0.3, 0.4) is 0 Å². The lowest BCUT2D eigenvalue weighted by Crippen LogP contribution is -2.29. The number of hydrogen-bond donors (Lipinski definition) is 0. The van der Waals surface area contributed by atoms with Crippen LogP contribution in [-0.2, 0) is 13.6 Å². The zero-order chi connectivity index (χ0) is 13.1. The van der Waals surface area contributed by atoms with Crippen molar-refractivity contribution in [1.82, 2.24) is 14.7 Å². The van der Waals surface area contributed by atoms with Gasteiger partial charge in [-0.25, -0.2) is 0 Å². The van der Waals surface area contributed by atoms with E-state index in [4.69, 9.17) is 11.6 Å². The van der Waals surface area contributed by atoms with E-state index in [0.717, 1.165) is 9.21 Å². The van der Waals surface area contributed by atoms with Crippen molar-refractivity contribution in [2.45, 2.75) is 13.5 Å². The number of aryl methyl sites for hydroxylation is 1. The number of hydrogen-bond acceptors (Lipinski definition) is 3. The molecule has 0 saturated carbocycles. The smallest absolute Gasteiger partial charge is 0.257 e. The Labute approximate surface area is 115 Å². The molecule has 96 valence electrons. The second kappa shape index (κ2) is 5.54. The van der Waals surface area contributed by atoms with Gasteiger partial charge in [-0.3, -0.25) is 9.48 Å². The third-order valence-corrected chi connectivity index (χ3v) is 3.81. The van der Waals surface area contributed by atoms with Gasteiger partial charge in [-0.1, -0.05) is 11.6 Å². The first kappa shape index (κ1) is 13.1. The number of amides is 1. The fourth-order valence-electron chi connectivity index (χ4n) is 1.67. The van der Waals surface area contributed by atoms with Crippen LogP contribution in [0.4, 0.5) is 0 Å². The first-order valence-electron chi connectivity index (χ1n) is 5.62. The Morgan fingerprint density at radius 2 is 2.33 bits per heavy atom. The predicted molar refractivity (Wildman–Crippen MR) is 73.0 cm³/mol. The highest BCUT2D eigenvalue weighted by Crippen LogP contribution is 2.23. The standard InChI is InChI=1S/C12H14ClN3OS/c1-3-16(8-10-4-5-11(13)18-10)12(17)9-6-14-15(2)7-9/h4-7H,3,8H2,1-2H3. The number of aromatic nitrogens is 2. The van der Waals surface area contributed by atoms with E-state index >= 15 is 0 Å². The molecule has 2 aromatic heterocycles. The molecule has 6 heteroatoms. The van der Waals surface area contributed by atoms with E-state index < -0.39 is 0 Å². The van der Waals surface area contributed by atoms with Gasteiger partial charge < -0.3 is 4.90 Å². The van der Waals surface area contributed by atoms with E-state index in [2.05, 4.69) is 5.10 Å². The Morgan fingerprint density at radius 1 is 1.56 bits per heavy atom. The third kappa shape index (κ3) is 2.91. The molecule has 2 heterocycles. The summed E-state index contributed by atoms with van der Waals surface area (Å²) in [4.78, 5) is 15.1. The molecule has 0 bridgehead atoms. The number of nitrogens with zero attached hydrogens (tertiary/aromatic N) is 3. The molecule has 1 amide bonds. The largest absolute Gasteiger partial charge is 0.334 e. The number of thiophene rings is 1. The molecule has 0 aliphatic heterocycles. The molecule has 0 aliphatic rings. The highest BCUT2D eigenvalue weighted by atomic mass is 35.5. The monoisotopic (exact) mass is 283 g/mol. The zero-order valence-electron chi connectivity index (χ0n) is 10.3. The van der Waals surface area contributed by atoms with Gasteiger partial charge in [-0.05, 0) is 19.1 Å². The average Bonchev–Trinajstić information content (AvgIpc) is 2.94. The Morgan fingerprint density at radius 3 is 2.83 bits per heavy atom. The molecule has 2 aromatic rings. The summed E-state index contributed by atoms with van der Waals surface area (Å²) in [6, 6.07) is 3.80. The SMILES string of the molecule is CCN(Cc1ccc(Cl)s1)C(=O)c1cnn(C)c1. The summed E-state index contributed by atoms with van der Waals surface area (Å²) in [5.74, 6) is -0.00452. The second-order valence-corrected chi connectivity index (χ2v) is 5.73. The molecule has 0 N–H and O–H groups in total. The molecule has 2 rings (SSSR count). The fraction of sp³-hybridized carbons (Fsp3) is 0.333. The molecule has 0 radical (unpaired) electrons. The topological polar surface area (TPSA) is 38.1 Å². The summed E-state index contributed by atoms with van der Waals surface area (Å²) in [7, 11) is 1.80. The molecule has 0 fully saturated rings. The van der Waals surface area contributed by atoms with Gasteiger partial charge in [-0.15, -0.1) is 11.3 Å². The van der Waals surface area contributed by atoms with E-state index in [1.54, 1.807) is 29.0 Å². The normalized spacial score (nSPS) is 10.6. The molecule has 0 unspecified atom stereocenters. The summed E-state index contributed by atoms with van der Waals surface area (Å²) >= 11 is 7.39. The number of halogens is 1. The van der Waals surface area contributed by atoms with Crippen molar-refractivity contribution in [3.05, 3.63) is 39.3 Å². The molecule has 0 aromatic carbocycles. The molecular formula is C12H14ClN3OS. The van der Waals surface area contributed by atoms with Crippen LogP contribution in [-0.4, -0.2) is 27.1 Å². The molecular weight excluding hydrogens is 270 g/mol. The minimum Gasteiger partial charge on any atom is -0.334 e. The lowest BCUT2D eigenvalue weighted by molar-refractivity contribution is 0.0754. The zero-order valence-corrected chi connectivity index (χ0v) is 11.8. The van der Waals surface area contributed by atoms with Crippen LogP contribution < -0.4 is 0 Å². The van der Waals surface area contributed by atoms with E-state index in [1.807, 2.05) is 19.1 Å². The summed E-state index contributed by atoms with van der Waals surface area (Å²) in [5.41, 5.74) is 0.613. The van der Waals surface area contributed by atoms with Crippen molar-refractivity contribution in [1.29, 1.82) is 0 Å². The van der Waals surface area contributed by atoms with Crippen LogP contribution in [0.5, 0.6) is 0 Å². The van der Waals surface area contributed by atoms with E-state index in [1.165, 1.54) is 11.3 Å². The van der Waals surface area contributed by atoms with Gasteiger partial charge in [0.2, 0.25) is 0 Å². The summed E-state index contributed by atoms with van der Waals surface area (Å²) < 4.78 is 2.37.